The third-order valence-corrected chi connectivity index (χ3v) is 4.19. The summed E-state index contributed by atoms with van der Waals surface area (Å²) in [5.74, 6) is 3.64. The molecule has 1 fully saturated rings. The Morgan fingerprint density at radius 2 is 2.11 bits per heavy atom. The third-order valence-electron chi connectivity index (χ3n) is 4.19. The van der Waals surface area contributed by atoms with Crippen LogP contribution in [0.15, 0.2) is 29.8 Å². The summed E-state index contributed by atoms with van der Waals surface area (Å²) in [6, 6.07) is 8.21. The number of ether oxygens (including phenoxy) is 1. The molecule has 0 spiro atoms. The minimum absolute atomic E-state index is 0.385. The van der Waals surface area contributed by atoms with Gasteiger partial charge in [0.25, 0.3) is 0 Å². The van der Waals surface area contributed by atoms with Gasteiger partial charge in [0.2, 0.25) is 0 Å². The van der Waals surface area contributed by atoms with Crippen molar-refractivity contribution in [1.82, 2.24) is 0 Å². The van der Waals surface area contributed by atoms with Crippen LogP contribution in [-0.4, -0.2) is 6.61 Å². The first-order valence-corrected chi connectivity index (χ1v) is 6.91. The van der Waals surface area contributed by atoms with Crippen molar-refractivity contribution in [1.29, 1.82) is 0 Å². The maximum atomic E-state index is 5.94. The summed E-state index contributed by atoms with van der Waals surface area (Å²) in [4.78, 5) is 0. The maximum Gasteiger partial charge on any atom is 0.119 e. The van der Waals surface area contributed by atoms with Gasteiger partial charge in [0.15, 0.2) is 0 Å². The van der Waals surface area contributed by atoms with Crippen molar-refractivity contribution in [2.24, 2.45) is 5.41 Å². The molecule has 0 atom stereocenters. The normalized spacial score (nSPS) is 18.0. The molecule has 1 saturated carbocycles. The van der Waals surface area contributed by atoms with E-state index < -0.39 is 0 Å². The predicted octanol–water partition coefficient (Wildman–Crippen LogP) is 4.68. The lowest BCUT2D eigenvalue weighted by Crippen LogP contribution is -2.32. The molecule has 0 heterocycles. The molecule has 0 bridgehead atoms. The first kappa shape index (κ1) is 13.7. The predicted molar refractivity (Wildman–Crippen MR) is 81.0 cm³/mol. The lowest BCUT2D eigenvalue weighted by atomic mass is 9.71. The Kier molecular flexibility index (Phi) is 4.00. The highest BCUT2D eigenvalue weighted by molar-refractivity contribution is 5.70. The largest absolute Gasteiger partial charge is 0.493 e. The van der Waals surface area contributed by atoms with Crippen LogP contribution < -0.4 is 4.74 Å². The summed E-state index contributed by atoms with van der Waals surface area (Å²) < 4.78 is 5.94. The molecule has 1 aliphatic rings. The highest BCUT2D eigenvalue weighted by Gasteiger charge is 2.32. The van der Waals surface area contributed by atoms with E-state index >= 15 is 0 Å². The van der Waals surface area contributed by atoms with Crippen molar-refractivity contribution in [3.8, 4) is 18.1 Å². The average Bonchev–Trinajstić information content (AvgIpc) is 2.41. The van der Waals surface area contributed by atoms with Crippen molar-refractivity contribution in [2.45, 2.75) is 40.0 Å². The van der Waals surface area contributed by atoms with Crippen molar-refractivity contribution >= 4 is 5.57 Å². The van der Waals surface area contributed by atoms with E-state index in [-0.39, 0.29) is 0 Å². The molecule has 1 aliphatic carbocycles. The Balaban J connectivity index is 2.09. The van der Waals surface area contributed by atoms with Gasteiger partial charge >= 0.3 is 0 Å². The van der Waals surface area contributed by atoms with Crippen molar-refractivity contribution < 1.29 is 4.74 Å². The zero-order valence-corrected chi connectivity index (χ0v) is 12.1. The molecule has 0 aromatic heterocycles. The molecule has 1 aromatic carbocycles. The van der Waals surface area contributed by atoms with Crippen LogP contribution in [0, 0.1) is 17.8 Å². The average molecular weight is 254 g/mol. The molecule has 100 valence electrons. The first-order chi connectivity index (χ1) is 9.04. The van der Waals surface area contributed by atoms with E-state index in [0.29, 0.717) is 5.41 Å². The molecule has 0 unspecified atom stereocenters. The van der Waals surface area contributed by atoms with Crippen LogP contribution in [0.25, 0.3) is 5.57 Å². The van der Waals surface area contributed by atoms with Crippen LogP contribution in [0.1, 0.15) is 45.6 Å². The molecule has 0 radical (unpaired) electrons. The second-order valence-electron chi connectivity index (χ2n) is 5.88. The molecule has 0 aliphatic heterocycles. The smallest absolute Gasteiger partial charge is 0.119 e. The Labute approximate surface area is 116 Å². The van der Waals surface area contributed by atoms with Gasteiger partial charge in [-0.1, -0.05) is 31.4 Å². The summed E-state index contributed by atoms with van der Waals surface area (Å²) in [6.07, 6.45) is 9.35. The van der Waals surface area contributed by atoms with E-state index in [4.69, 9.17) is 11.2 Å². The molecular formula is C18H22O. The van der Waals surface area contributed by atoms with Gasteiger partial charge in [0, 0.05) is 11.0 Å². The third kappa shape index (κ3) is 3.20. The van der Waals surface area contributed by atoms with Crippen LogP contribution in [0.2, 0.25) is 0 Å². The van der Waals surface area contributed by atoms with Gasteiger partial charge in [-0.2, -0.15) is 0 Å². The minimum atomic E-state index is 0.385. The standard InChI is InChI=1S/C18H22O/c1-5-14(2)15(3)16-8-6-9-17(12-16)19-13-18(4)10-7-11-18/h1,6,8-9,12H,7,10-11,13H2,2-4H3/b15-14-. The van der Waals surface area contributed by atoms with E-state index in [1.54, 1.807) is 0 Å². The Morgan fingerprint density at radius 1 is 1.37 bits per heavy atom. The van der Waals surface area contributed by atoms with Crippen molar-refractivity contribution in [2.75, 3.05) is 6.61 Å². The Hall–Kier alpha value is -1.68. The summed E-state index contributed by atoms with van der Waals surface area (Å²) in [5.41, 5.74) is 3.65. The van der Waals surface area contributed by atoms with Gasteiger partial charge in [0.1, 0.15) is 5.75 Å². The number of terminal acetylenes is 1. The number of hydrogen-bond acceptors (Lipinski definition) is 1. The molecule has 0 saturated heterocycles. The highest BCUT2D eigenvalue weighted by atomic mass is 16.5. The van der Waals surface area contributed by atoms with E-state index in [1.807, 2.05) is 19.1 Å². The van der Waals surface area contributed by atoms with Gasteiger partial charge in [-0.25, -0.2) is 0 Å². The summed E-state index contributed by atoms with van der Waals surface area (Å²) >= 11 is 0. The number of allylic oxidation sites excluding steroid dienone is 2. The van der Waals surface area contributed by atoms with Gasteiger partial charge in [-0.15, -0.1) is 6.42 Å². The first-order valence-electron chi connectivity index (χ1n) is 6.91. The second-order valence-corrected chi connectivity index (χ2v) is 5.88. The Morgan fingerprint density at radius 3 is 2.68 bits per heavy atom. The van der Waals surface area contributed by atoms with Crippen molar-refractivity contribution in [3.05, 3.63) is 35.4 Å². The highest BCUT2D eigenvalue weighted by Crippen LogP contribution is 2.40. The van der Waals surface area contributed by atoms with E-state index in [2.05, 4.69) is 31.9 Å². The fourth-order valence-electron chi connectivity index (χ4n) is 2.33. The minimum Gasteiger partial charge on any atom is -0.493 e. The lowest BCUT2D eigenvalue weighted by molar-refractivity contribution is 0.0776. The summed E-state index contributed by atoms with van der Waals surface area (Å²) in [5, 5.41) is 0. The topological polar surface area (TPSA) is 9.23 Å². The molecule has 0 N–H and O–H groups in total. The fraction of sp³-hybridized carbons (Fsp3) is 0.444. The van der Waals surface area contributed by atoms with Crippen LogP contribution in [0.3, 0.4) is 0 Å². The maximum absolute atomic E-state index is 5.94. The molecule has 0 amide bonds. The monoisotopic (exact) mass is 254 g/mol. The molecule has 1 heteroatoms. The molecular weight excluding hydrogens is 232 g/mol. The zero-order chi connectivity index (χ0) is 13.9. The number of benzene rings is 1. The van der Waals surface area contributed by atoms with Crippen LogP contribution >= 0.6 is 0 Å². The molecule has 1 nitrogen and oxygen atoms in total. The SMILES string of the molecule is C#C/C(C)=C(/C)c1cccc(OCC2(C)CCC2)c1. The van der Waals surface area contributed by atoms with Crippen LogP contribution in [0.5, 0.6) is 5.75 Å². The van der Waals surface area contributed by atoms with Crippen LogP contribution in [-0.2, 0) is 0 Å². The number of rotatable bonds is 4. The van der Waals surface area contributed by atoms with Gasteiger partial charge in [0.05, 0.1) is 6.61 Å². The molecule has 1 aromatic rings. The second kappa shape index (κ2) is 5.53. The Bertz CT molecular complexity index is 527. The summed E-state index contributed by atoms with van der Waals surface area (Å²) in [7, 11) is 0. The lowest BCUT2D eigenvalue weighted by Gasteiger charge is -2.37. The zero-order valence-electron chi connectivity index (χ0n) is 12.1. The number of hydrogen-bond donors (Lipinski definition) is 0. The molecule has 19 heavy (non-hydrogen) atoms. The quantitative estimate of drug-likeness (QED) is 0.709. The fourth-order valence-corrected chi connectivity index (χ4v) is 2.33. The van der Waals surface area contributed by atoms with E-state index in [0.717, 1.165) is 29.1 Å². The molecule has 2 rings (SSSR count). The van der Waals surface area contributed by atoms with Gasteiger partial charge < -0.3 is 4.74 Å². The van der Waals surface area contributed by atoms with Crippen LogP contribution in [0.4, 0.5) is 0 Å². The van der Waals surface area contributed by atoms with Gasteiger partial charge in [-0.05, 0) is 50.0 Å². The van der Waals surface area contributed by atoms with Gasteiger partial charge in [-0.3, -0.25) is 0 Å². The summed E-state index contributed by atoms with van der Waals surface area (Å²) in [6.45, 7) is 7.14. The van der Waals surface area contributed by atoms with Crippen molar-refractivity contribution in [3.63, 3.8) is 0 Å². The van der Waals surface area contributed by atoms with E-state index in [1.165, 1.54) is 19.3 Å². The van der Waals surface area contributed by atoms with E-state index in [9.17, 15) is 0 Å².